The molecule has 0 radical (unpaired) electrons. The maximum Gasteiger partial charge on any atom is 0.270 e. The molecule has 1 amide bonds. The molecule has 1 saturated heterocycles. The van der Waals surface area contributed by atoms with E-state index in [-0.39, 0.29) is 5.91 Å². The standard InChI is InChI=1S/C18H21ClN4O/c1-13-3-2-10-23(12-13)18-20-9-8-16(22-18)17(24)21-11-14-4-6-15(19)7-5-14/h4-9,13H,2-3,10-12H2,1H3,(H,21,24). The number of piperidine rings is 1. The van der Waals surface area contributed by atoms with E-state index in [1.54, 1.807) is 12.3 Å². The number of hydrogen-bond donors (Lipinski definition) is 1. The number of aromatic nitrogens is 2. The molecule has 1 N–H and O–H groups in total. The smallest absolute Gasteiger partial charge is 0.270 e. The van der Waals surface area contributed by atoms with Crippen LogP contribution in [0.1, 0.15) is 35.8 Å². The third-order valence-electron chi connectivity index (χ3n) is 4.18. The van der Waals surface area contributed by atoms with Gasteiger partial charge in [-0.3, -0.25) is 4.79 Å². The largest absolute Gasteiger partial charge is 0.347 e. The topological polar surface area (TPSA) is 58.1 Å². The summed E-state index contributed by atoms with van der Waals surface area (Å²) >= 11 is 5.86. The first kappa shape index (κ1) is 16.7. The van der Waals surface area contributed by atoms with Crippen LogP contribution in [0.2, 0.25) is 5.02 Å². The van der Waals surface area contributed by atoms with Crippen LogP contribution in [0.4, 0.5) is 5.95 Å². The predicted octanol–water partition coefficient (Wildman–Crippen LogP) is 3.30. The molecule has 5 nitrogen and oxygen atoms in total. The number of anilines is 1. The van der Waals surface area contributed by atoms with Crippen molar-refractivity contribution >= 4 is 23.5 Å². The molecule has 1 unspecified atom stereocenters. The number of carbonyl (C=O) groups excluding carboxylic acids is 1. The summed E-state index contributed by atoms with van der Waals surface area (Å²) in [4.78, 5) is 23.3. The van der Waals surface area contributed by atoms with Crippen molar-refractivity contribution in [2.24, 2.45) is 5.92 Å². The van der Waals surface area contributed by atoms with Gasteiger partial charge in [-0.25, -0.2) is 9.97 Å². The number of hydrogen-bond acceptors (Lipinski definition) is 4. The summed E-state index contributed by atoms with van der Waals surface area (Å²) in [6.07, 6.45) is 4.02. The number of amides is 1. The van der Waals surface area contributed by atoms with Gasteiger partial charge in [0, 0.05) is 30.9 Å². The lowest BCUT2D eigenvalue weighted by molar-refractivity contribution is 0.0946. The average Bonchev–Trinajstić information content (AvgIpc) is 2.61. The Morgan fingerprint density at radius 1 is 1.33 bits per heavy atom. The molecule has 2 heterocycles. The Hall–Kier alpha value is -2.14. The number of carbonyl (C=O) groups is 1. The van der Waals surface area contributed by atoms with Crippen LogP contribution in [-0.4, -0.2) is 29.0 Å². The van der Waals surface area contributed by atoms with Crippen molar-refractivity contribution < 1.29 is 4.79 Å². The van der Waals surface area contributed by atoms with E-state index in [2.05, 4.69) is 27.1 Å². The van der Waals surface area contributed by atoms with Gasteiger partial charge < -0.3 is 10.2 Å². The van der Waals surface area contributed by atoms with Crippen LogP contribution < -0.4 is 10.2 Å². The van der Waals surface area contributed by atoms with Crippen LogP contribution in [0.15, 0.2) is 36.5 Å². The predicted molar refractivity (Wildman–Crippen MR) is 95.3 cm³/mol. The molecule has 1 aliphatic rings. The second-order valence-electron chi connectivity index (χ2n) is 6.24. The lowest BCUT2D eigenvalue weighted by Gasteiger charge is -2.30. The van der Waals surface area contributed by atoms with E-state index in [0.29, 0.717) is 29.1 Å². The highest BCUT2D eigenvalue weighted by Gasteiger charge is 2.19. The van der Waals surface area contributed by atoms with Crippen molar-refractivity contribution in [2.45, 2.75) is 26.3 Å². The maximum atomic E-state index is 12.3. The summed E-state index contributed by atoms with van der Waals surface area (Å²) in [5.74, 6) is 1.07. The van der Waals surface area contributed by atoms with Crippen molar-refractivity contribution in [1.82, 2.24) is 15.3 Å². The summed E-state index contributed by atoms with van der Waals surface area (Å²) in [6.45, 7) is 4.56. The van der Waals surface area contributed by atoms with Crippen molar-refractivity contribution in [1.29, 1.82) is 0 Å². The van der Waals surface area contributed by atoms with E-state index in [1.165, 1.54) is 6.42 Å². The highest BCUT2D eigenvalue weighted by atomic mass is 35.5. The summed E-state index contributed by atoms with van der Waals surface area (Å²) < 4.78 is 0. The zero-order valence-electron chi connectivity index (χ0n) is 13.7. The van der Waals surface area contributed by atoms with E-state index in [9.17, 15) is 4.79 Å². The lowest BCUT2D eigenvalue weighted by atomic mass is 10.0. The number of nitrogens with one attached hydrogen (secondary N) is 1. The third kappa shape index (κ3) is 4.23. The first-order valence-electron chi connectivity index (χ1n) is 8.22. The summed E-state index contributed by atoms with van der Waals surface area (Å²) in [5, 5.41) is 3.56. The quantitative estimate of drug-likeness (QED) is 0.924. The van der Waals surface area contributed by atoms with Gasteiger partial charge in [0.2, 0.25) is 5.95 Å². The number of halogens is 1. The molecule has 3 rings (SSSR count). The summed E-state index contributed by atoms with van der Waals surface area (Å²) in [6, 6.07) is 9.05. The van der Waals surface area contributed by atoms with Gasteiger partial charge in [0.1, 0.15) is 5.69 Å². The molecule has 1 fully saturated rings. The monoisotopic (exact) mass is 344 g/mol. The zero-order valence-corrected chi connectivity index (χ0v) is 14.5. The normalized spacial score (nSPS) is 17.6. The van der Waals surface area contributed by atoms with Crippen LogP contribution in [0.5, 0.6) is 0 Å². The van der Waals surface area contributed by atoms with Crippen molar-refractivity contribution in [2.75, 3.05) is 18.0 Å². The molecule has 1 atom stereocenters. The van der Waals surface area contributed by atoms with E-state index in [0.717, 1.165) is 25.1 Å². The Balaban J connectivity index is 1.64. The molecule has 0 saturated carbocycles. The molecular weight excluding hydrogens is 324 g/mol. The maximum absolute atomic E-state index is 12.3. The summed E-state index contributed by atoms with van der Waals surface area (Å²) in [7, 11) is 0. The van der Waals surface area contributed by atoms with Gasteiger partial charge in [0.05, 0.1) is 0 Å². The first-order chi connectivity index (χ1) is 11.6. The molecule has 126 valence electrons. The van der Waals surface area contributed by atoms with Crippen LogP contribution in [0.3, 0.4) is 0 Å². The molecular formula is C18H21ClN4O. The third-order valence-corrected chi connectivity index (χ3v) is 4.43. The molecule has 1 aliphatic heterocycles. The van der Waals surface area contributed by atoms with Gasteiger partial charge in [-0.15, -0.1) is 0 Å². The van der Waals surface area contributed by atoms with Gasteiger partial charge in [0.25, 0.3) is 5.91 Å². The first-order valence-corrected chi connectivity index (χ1v) is 8.60. The van der Waals surface area contributed by atoms with Crippen LogP contribution >= 0.6 is 11.6 Å². The highest BCUT2D eigenvalue weighted by molar-refractivity contribution is 6.30. The Kier molecular flexibility index (Phi) is 5.30. The second-order valence-corrected chi connectivity index (χ2v) is 6.68. The Bertz CT molecular complexity index is 704. The minimum atomic E-state index is -0.196. The van der Waals surface area contributed by atoms with E-state index in [1.807, 2.05) is 24.3 Å². The van der Waals surface area contributed by atoms with Crippen molar-refractivity contribution in [3.63, 3.8) is 0 Å². The molecule has 0 bridgehead atoms. The second kappa shape index (κ2) is 7.62. The summed E-state index contributed by atoms with van der Waals surface area (Å²) in [5.41, 5.74) is 1.39. The van der Waals surface area contributed by atoms with E-state index < -0.39 is 0 Å². The highest BCUT2D eigenvalue weighted by Crippen LogP contribution is 2.19. The van der Waals surface area contributed by atoms with Gasteiger partial charge in [-0.2, -0.15) is 0 Å². The fraction of sp³-hybridized carbons (Fsp3) is 0.389. The minimum absolute atomic E-state index is 0.196. The van der Waals surface area contributed by atoms with Crippen molar-refractivity contribution in [3.8, 4) is 0 Å². The molecule has 2 aromatic rings. The SMILES string of the molecule is CC1CCCN(c2nccc(C(=O)NCc3ccc(Cl)cc3)n2)C1. The van der Waals surface area contributed by atoms with Crippen LogP contribution in [0.25, 0.3) is 0 Å². The Morgan fingerprint density at radius 3 is 2.88 bits per heavy atom. The number of nitrogens with zero attached hydrogens (tertiary/aromatic N) is 3. The van der Waals surface area contributed by atoms with E-state index in [4.69, 9.17) is 11.6 Å². The Labute approximate surface area is 147 Å². The zero-order chi connectivity index (χ0) is 16.9. The van der Waals surface area contributed by atoms with Gasteiger partial charge in [-0.1, -0.05) is 30.7 Å². The Morgan fingerprint density at radius 2 is 2.12 bits per heavy atom. The molecule has 24 heavy (non-hydrogen) atoms. The molecule has 0 spiro atoms. The number of benzene rings is 1. The molecule has 6 heteroatoms. The van der Waals surface area contributed by atoms with Crippen molar-refractivity contribution in [3.05, 3.63) is 52.8 Å². The van der Waals surface area contributed by atoms with Gasteiger partial charge in [0.15, 0.2) is 0 Å². The van der Waals surface area contributed by atoms with Crippen LogP contribution in [-0.2, 0) is 6.54 Å². The molecule has 1 aromatic heterocycles. The fourth-order valence-corrected chi connectivity index (χ4v) is 3.00. The van der Waals surface area contributed by atoms with Gasteiger partial charge in [-0.05, 0) is 42.5 Å². The van der Waals surface area contributed by atoms with Crippen LogP contribution in [0, 0.1) is 5.92 Å². The number of rotatable bonds is 4. The molecule has 1 aromatic carbocycles. The average molecular weight is 345 g/mol. The fourth-order valence-electron chi connectivity index (χ4n) is 2.87. The minimum Gasteiger partial charge on any atom is -0.347 e. The van der Waals surface area contributed by atoms with E-state index >= 15 is 0 Å². The van der Waals surface area contributed by atoms with Gasteiger partial charge >= 0.3 is 0 Å². The molecule has 0 aliphatic carbocycles. The lowest BCUT2D eigenvalue weighted by Crippen LogP contribution is -2.36.